The Morgan fingerprint density at radius 3 is 2.45 bits per heavy atom. The van der Waals surface area contributed by atoms with Gasteiger partial charge in [0.05, 0.1) is 31.0 Å². The molecule has 0 saturated heterocycles. The third-order valence-corrected chi connectivity index (χ3v) is 3.66. The van der Waals surface area contributed by atoms with Crippen molar-refractivity contribution in [2.75, 3.05) is 13.2 Å². The Labute approximate surface area is 118 Å². The maximum absolute atomic E-state index is 9.84. The molecule has 7 nitrogen and oxygen atoms in total. The molecule has 0 aromatic carbocycles. The van der Waals surface area contributed by atoms with E-state index in [0.717, 1.165) is 0 Å². The van der Waals surface area contributed by atoms with Gasteiger partial charge >= 0.3 is 0 Å². The zero-order chi connectivity index (χ0) is 15.3. The molecule has 7 N–H and O–H groups in total. The standard InChI is InChI=1S/C13H25NO6/c1-2-3-9(16)8(14)6-20-10-4-7(5-15)11(17)13(19)12(10)18/h2-3,7-13,15-19H,4-6,14H2,1H3/b3-2+/t7?,8-,9+,10+,11+,12?,13?/m0/s1. The van der Waals surface area contributed by atoms with Crippen molar-refractivity contribution < 1.29 is 30.3 Å². The lowest BCUT2D eigenvalue weighted by Crippen LogP contribution is -2.56. The van der Waals surface area contributed by atoms with Gasteiger partial charge in [0.25, 0.3) is 0 Å². The summed E-state index contributed by atoms with van der Waals surface area (Å²) >= 11 is 0. The molecule has 0 aromatic rings. The van der Waals surface area contributed by atoms with Crippen molar-refractivity contribution in [2.45, 2.75) is 49.9 Å². The lowest BCUT2D eigenvalue weighted by Gasteiger charge is -2.40. The summed E-state index contributed by atoms with van der Waals surface area (Å²) in [4.78, 5) is 0. The molecule has 7 heteroatoms. The van der Waals surface area contributed by atoms with Crippen LogP contribution in [0.25, 0.3) is 0 Å². The maximum atomic E-state index is 9.84. The molecule has 1 fully saturated rings. The fourth-order valence-electron chi connectivity index (χ4n) is 2.30. The first kappa shape index (κ1) is 17.5. The van der Waals surface area contributed by atoms with Crippen LogP contribution in [0, 0.1) is 5.92 Å². The van der Waals surface area contributed by atoms with Gasteiger partial charge in [0, 0.05) is 12.5 Å². The third kappa shape index (κ3) is 4.23. The lowest BCUT2D eigenvalue weighted by molar-refractivity contribution is -0.179. The van der Waals surface area contributed by atoms with E-state index in [9.17, 15) is 20.4 Å². The van der Waals surface area contributed by atoms with E-state index in [1.54, 1.807) is 13.0 Å². The molecular weight excluding hydrogens is 266 g/mol. The van der Waals surface area contributed by atoms with Crippen LogP contribution in [-0.4, -0.2) is 75.3 Å². The summed E-state index contributed by atoms with van der Waals surface area (Å²) in [6, 6.07) is -0.657. The van der Waals surface area contributed by atoms with Crippen LogP contribution in [0.2, 0.25) is 0 Å². The summed E-state index contributed by atoms with van der Waals surface area (Å²) in [5.41, 5.74) is 5.73. The number of rotatable bonds is 6. The fourth-order valence-corrected chi connectivity index (χ4v) is 2.30. The number of hydrogen-bond acceptors (Lipinski definition) is 7. The van der Waals surface area contributed by atoms with Gasteiger partial charge in [-0.1, -0.05) is 12.2 Å². The first-order valence-corrected chi connectivity index (χ1v) is 6.75. The molecule has 0 amide bonds. The Hall–Kier alpha value is -0.540. The minimum absolute atomic E-state index is 0.00576. The summed E-state index contributed by atoms with van der Waals surface area (Å²) < 4.78 is 5.42. The van der Waals surface area contributed by atoms with Crippen LogP contribution >= 0.6 is 0 Å². The first-order chi connectivity index (χ1) is 9.42. The van der Waals surface area contributed by atoms with E-state index in [2.05, 4.69) is 0 Å². The van der Waals surface area contributed by atoms with Gasteiger partial charge in [-0.05, 0) is 13.3 Å². The van der Waals surface area contributed by atoms with E-state index in [0.29, 0.717) is 0 Å². The monoisotopic (exact) mass is 291 g/mol. The average molecular weight is 291 g/mol. The summed E-state index contributed by atoms with van der Waals surface area (Å²) in [5.74, 6) is -0.560. The molecule has 0 bridgehead atoms. The number of aliphatic hydroxyl groups is 5. The normalized spacial score (nSPS) is 38.0. The van der Waals surface area contributed by atoms with Crippen LogP contribution in [0.4, 0.5) is 0 Å². The highest BCUT2D eigenvalue weighted by molar-refractivity contribution is 4.95. The Balaban J connectivity index is 2.54. The first-order valence-electron chi connectivity index (χ1n) is 6.75. The molecule has 1 aliphatic carbocycles. The van der Waals surface area contributed by atoms with E-state index in [4.69, 9.17) is 15.6 Å². The zero-order valence-corrected chi connectivity index (χ0v) is 11.5. The van der Waals surface area contributed by atoms with E-state index in [1.165, 1.54) is 6.08 Å². The molecular formula is C13H25NO6. The largest absolute Gasteiger partial charge is 0.396 e. The predicted molar refractivity (Wildman–Crippen MR) is 71.7 cm³/mol. The van der Waals surface area contributed by atoms with Gasteiger partial charge in [-0.2, -0.15) is 0 Å². The average Bonchev–Trinajstić information content (AvgIpc) is 2.44. The van der Waals surface area contributed by atoms with Crippen molar-refractivity contribution in [2.24, 2.45) is 11.7 Å². The number of allylic oxidation sites excluding steroid dienone is 1. The molecule has 1 saturated carbocycles. The second-order valence-electron chi connectivity index (χ2n) is 5.20. The van der Waals surface area contributed by atoms with Crippen LogP contribution < -0.4 is 5.73 Å². The van der Waals surface area contributed by atoms with Crippen LogP contribution in [0.3, 0.4) is 0 Å². The predicted octanol–water partition coefficient (Wildman–Crippen LogP) is -2.27. The van der Waals surface area contributed by atoms with Gasteiger partial charge in [-0.25, -0.2) is 0 Å². The molecule has 3 unspecified atom stereocenters. The molecule has 1 rings (SSSR count). The van der Waals surface area contributed by atoms with Crippen molar-refractivity contribution in [1.29, 1.82) is 0 Å². The number of nitrogens with two attached hydrogens (primary N) is 1. The van der Waals surface area contributed by atoms with Crippen molar-refractivity contribution >= 4 is 0 Å². The molecule has 1 aliphatic rings. The number of aliphatic hydroxyl groups excluding tert-OH is 5. The highest BCUT2D eigenvalue weighted by Crippen LogP contribution is 2.27. The molecule has 0 aromatic heterocycles. The molecule has 0 aliphatic heterocycles. The van der Waals surface area contributed by atoms with Gasteiger partial charge in [-0.3, -0.25) is 0 Å². The Bertz CT molecular complexity index is 311. The molecule has 0 spiro atoms. The molecule has 20 heavy (non-hydrogen) atoms. The quantitative estimate of drug-likeness (QED) is 0.304. The number of hydrogen-bond donors (Lipinski definition) is 6. The minimum Gasteiger partial charge on any atom is -0.396 e. The fraction of sp³-hybridized carbons (Fsp3) is 0.846. The maximum Gasteiger partial charge on any atom is 0.109 e. The van der Waals surface area contributed by atoms with Gasteiger partial charge in [0.2, 0.25) is 0 Å². The van der Waals surface area contributed by atoms with E-state index in [1.807, 2.05) is 0 Å². The zero-order valence-electron chi connectivity index (χ0n) is 11.5. The topological polar surface area (TPSA) is 136 Å². The van der Waals surface area contributed by atoms with E-state index >= 15 is 0 Å². The van der Waals surface area contributed by atoms with Gasteiger partial charge in [0.1, 0.15) is 12.2 Å². The highest BCUT2D eigenvalue weighted by atomic mass is 16.5. The van der Waals surface area contributed by atoms with E-state index < -0.39 is 42.5 Å². The van der Waals surface area contributed by atoms with Crippen molar-refractivity contribution in [3.8, 4) is 0 Å². The van der Waals surface area contributed by atoms with Crippen LogP contribution in [0.1, 0.15) is 13.3 Å². The van der Waals surface area contributed by atoms with Crippen molar-refractivity contribution in [1.82, 2.24) is 0 Å². The van der Waals surface area contributed by atoms with Gasteiger partial charge in [-0.15, -0.1) is 0 Å². The van der Waals surface area contributed by atoms with Crippen LogP contribution in [-0.2, 0) is 4.74 Å². The Morgan fingerprint density at radius 2 is 1.90 bits per heavy atom. The second-order valence-corrected chi connectivity index (χ2v) is 5.20. The molecule has 118 valence electrons. The Morgan fingerprint density at radius 1 is 1.25 bits per heavy atom. The Kier molecular flexibility index (Phi) is 7.04. The SMILES string of the molecule is C/C=C/[C@@H](O)[C@@H](N)CO[C@@H]1CC(CO)[C@@H](O)C(O)C1O. The van der Waals surface area contributed by atoms with E-state index in [-0.39, 0.29) is 19.6 Å². The van der Waals surface area contributed by atoms with Gasteiger partial charge < -0.3 is 36.0 Å². The minimum atomic E-state index is -1.37. The van der Waals surface area contributed by atoms with Gasteiger partial charge in [0.15, 0.2) is 0 Å². The smallest absolute Gasteiger partial charge is 0.109 e. The summed E-state index contributed by atoms with van der Waals surface area (Å²) in [7, 11) is 0. The van der Waals surface area contributed by atoms with Crippen LogP contribution in [0.15, 0.2) is 12.2 Å². The summed E-state index contributed by atoms with van der Waals surface area (Å²) in [6.45, 7) is 1.44. The summed E-state index contributed by atoms with van der Waals surface area (Å²) in [6.07, 6.45) is -2.00. The van der Waals surface area contributed by atoms with Crippen LogP contribution in [0.5, 0.6) is 0 Å². The summed E-state index contributed by atoms with van der Waals surface area (Å²) in [5, 5.41) is 48.0. The molecule has 0 heterocycles. The lowest BCUT2D eigenvalue weighted by atomic mass is 9.81. The number of ether oxygens (including phenoxy) is 1. The van der Waals surface area contributed by atoms with Crippen molar-refractivity contribution in [3.05, 3.63) is 12.2 Å². The molecule has 7 atom stereocenters. The third-order valence-electron chi connectivity index (χ3n) is 3.66. The highest BCUT2D eigenvalue weighted by Gasteiger charge is 2.43. The molecule has 0 radical (unpaired) electrons. The van der Waals surface area contributed by atoms with Crippen molar-refractivity contribution in [3.63, 3.8) is 0 Å². The second kappa shape index (κ2) is 8.04.